The Labute approximate surface area is 283 Å². The molecule has 16 heteroatoms. The molecule has 3 heterocycles. The first kappa shape index (κ1) is 36.7. The Balaban J connectivity index is 1.74. The first-order chi connectivity index (χ1) is 21.7. The van der Waals surface area contributed by atoms with Gasteiger partial charge in [-0.2, -0.15) is 0 Å². The number of nitrogens with one attached hydrogen (secondary N) is 3. The molecular formula is C31H48ClN7O6Si2. The second-order valence-corrected chi connectivity index (χ2v) is 24.7. The molecule has 2 aromatic heterocycles. The molecule has 4 rings (SSSR count). The lowest BCUT2D eigenvalue weighted by molar-refractivity contribution is -0.0513. The summed E-state index contributed by atoms with van der Waals surface area (Å²) < 4.78 is 28.2. The zero-order chi connectivity index (χ0) is 34.9. The summed E-state index contributed by atoms with van der Waals surface area (Å²) >= 11 is 5.97. The van der Waals surface area contributed by atoms with Crippen molar-refractivity contribution in [3.8, 4) is 0 Å². The number of amides is 3. The fourth-order valence-corrected chi connectivity index (χ4v) is 7.26. The molecule has 0 saturated carbocycles. The summed E-state index contributed by atoms with van der Waals surface area (Å²) in [6.07, 6.45) is -0.177. The summed E-state index contributed by atoms with van der Waals surface area (Å²) in [5.41, 5.74) is 1.35. The number of carbonyl (C=O) groups is 2. The number of carbonyl (C=O) groups excluding carboxylic acids is 2. The van der Waals surface area contributed by atoms with Gasteiger partial charge in [0.05, 0.1) is 6.33 Å². The summed E-state index contributed by atoms with van der Waals surface area (Å²) in [6.45, 7) is 21.7. The molecule has 258 valence electrons. The molecule has 0 radical (unpaired) electrons. The van der Waals surface area contributed by atoms with E-state index in [1.807, 2.05) is 0 Å². The van der Waals surface area contributed by atoms with Gasteiger partial charge in [-0.05, 0) is 60.5 Å². The van der Waals surface area contributed by atoms with Crippen molar-refractivity contribution < 1.29 is 27.9 Å². The molecule has 0 aliphatic carbocycles. The number of urea groups is 1. The molecule has 3 amide bonds. The molecule has 13 nitrogen and oxygen atoms in total. The predicted octanol–water partition coefficient (Wildman–Crippen LogP) is 7.16. The Morgan fingerprint density at radius 2 is 1.51 bits per heavy atom. The van der Waals surface area contributed by atoms with E-state index >= 15 is 0 Å². The van der Waals surface area contributed by atoms with E-state index in [4.69, 9.17) is 29.9 Å². The van der Waals surface area contributed by atoms with Crippen LogP contribution < -0.4 is 16.0 Å². The highest BCUT2D eigenvalue weighted by atomic mass is 35.5. The van der Waals surface area contributed by atoms with Crippen LogP contribution in [0.5, 0.6) is 0 Å². The van der Waals surface area contributed by atoms with Crippen LogP contribution in [0.15, 0.2) is 36.9 Å². The molecule has 3 aromatic rings. The van der Waals surface area contributed by atoms with Crippen LogP contribution in [0.1, 0.15) is 47.8 Å². The quantitative estimate of drug-likeness (QED) is 0.197. The fraction of sp³-hybridized carbons (Fsp3) is 0.581. The number of imidazole rings is 1. The number of halogens is 1. The number of nitrogens with zero attached hydrogens (tertiary/aromatic N) is 4. The third-order valence-electron chi connectivity index (χ3n) is 9.31. The van der Waals surface area contributed by atoms with Crippen LogP contribution in [0, 0.1) is 0 Å². The summed E-state index contributed by atoms with van der Waals surface area (Å²) in [4.78, 5) is 38.5. The van der Waals surface area contributed by atoms with Crippen LogP contribution in [0.25, 0.3) is 11.2 Å². The smallest absolute Gasteiger partial charge is 0.406 e. The number of benzene rings is 1. The summed E-state index contributed by atoms with van der Waals surface area (Å²) in [5, 5.41) is 8.35. The first-order valence-electron chi connectivity index (χ1n) is 15.6. The normalized spacial score (nSPS) is 20.7. The zero-order valence-corrected chi connectivity index (χ0v) is 31.9. The van der Waals surface area contributed by atoms with Gasteiger partial charge in [-0.25, -0.2) is 24.5 Å². The third-order valence-corrected chi connectivity index (χ3v) is 18.5. The Morgan fingerprint density at radius 3 is 2.09 bits per heavy atom. The number of anilines is 2. The lowest BCUT2D eigenvalue weighted by Crippen LogP contribution is -2.54. The van der Waals surface area contributed by atoms with Gasteiger partial charge in [0.25, 0.3) is 0 Å². The Kier molecular flexibility index (Phi) is 10.8. The number of fused-ring (bicyclic) bond motifs is 1. The average molecular weight is 706 g/mol. The molecule has 1 fully saturated rings. The minimum absolute atomic E-state index is 0.0495. The molecule has 0 spiro atoms. The SMILES string of the molecule is CNC(=O)OC[C@H]1O[C@@H](n2cnc3c(NC(=O)Nc4ccc(Cl)cc4)ncnc32)[C@H](O[Si](C)(C)C(C)(C)C)[C@@H]1O[Si](C)(C)C(C)(C)C. The van der Waals surface area contributed by atoms with Crippen LogP contribution >= 0.6 is 11.6 Å². The number of alkyl carbamates (subject to hydrolysis) is 1. The van der Waals surface area contributed by atoms with Gasteiger partial charge < -0.3 is 29.0 Å². The molecule has 1 aliphatic rings. The molecule has 0 unspecified atom stereocenters. The zero-order valence-electron chi connectivity index (χ0n) is 29.1. The van der Waals surface area contributed by atoms with Crippen molar-refractivity contribution in [2.75, 3.05) is 24.3 Å². The summed E-state index contributed by atoms with van der Waals surface area (Å²) in [7, 11) is -3.29. The molecule has 47 heavy (non-hydrogen) atoms. The van der Waals surface area contributed by atoms with Crippen molar-refractivity contribution in [1.29, 1.82) is 0 Å². The van der Waals surface area contributed by atoms with Gasteiger partial charge in [0.1, 0.15) is 31.2 Å². The van der Waals surface area contributed by atoms with Crippen molar-refractivity contribution in [2.24, 2.45) is 0 Å². The lowest BCUT2D eigenvalue weighted by atomic mass is 10.1. The maximum Gasteiger partial charge on any atom is 0.406 e. The van der Waals surface area contributed by atoms with Crippen LogP contribution in [-0.2, 0) is 18.3 Å². The lowest BCUT2D eigenvalue weighted by Gasteiger charge is -2.44. The van der Waals surface area contributed by atoms with E-state index in [1.165, 1.54) is 13.4 Å². The van der Waals surface area contributed by atoms with Crippen molar-refractivity contribution >= 4 is 63.0 Å². The summed E-state index contributed by atoms with van der Waals surface area (Å²) in [5.74, 6) is 0.216. The number of hydrogen-bond donors (Lipinski definition) is 3. The average Bonchev–Trinajstić information content (AvgIpc) is 3.53. The van der Waals surface area contributed by atoms with Gasteiger partial charge in [-0.3, -0.25) is 9.88 Å². The first-order valence-corrected chi connectivity index (χ1v) is 21.8. The topological polar surface area (TPSA) is 151 Å². The highest BCUT2D eigenvalue weighted by Gasteiger charge is 2.55. The Morgan fingerprint density at radius 1 is 0.915 bits per heavy atom. The minimum atomic E-state index is -2.41. The summed E-state index contributed by atoms with van der Waals surface area (Å²) in [6, 6.07) is 6.24. The molecule has 1 aliphatic heterocycles. The second kappa shape index (κ2) is 13.8. The number of ether oxygens (including phenoxy) is 2. The van der Waals surface area contributed by atoms with Crippen LogP contribution in [0.4, 0.5) is 21.1 Å². The van der Waals surface area contributed by atoms with E-state index in [2.05, 4.69) is 98.6 Å². The Hall–Kier alpha value is -3.09. The van der Waals surface area contributed by atoms with Crippen molar-refractivity contribution in [1.82, 2.24) is 24.8 Å². The molecule has 1 aromatic carbocycles. The van der Waals surface area contributed by atoms with Gasteiger partial charge >= 0.3 is 12.1 Å². The van der Waals surface area contributed by atoms with E-state index in [0.717, 1.165) is 0 Å². The van der Waals surface area contributed by atoms with Crippen LogP contribution in [0.3, 0.4) is 0 Å². The van der Waals surface area contributed by atoms with Gasteiger partial charge in [0.15, 0.2) is 39.8 Å². The van der Waals surface area contributed by atoms with Gasteiger partial charge in [0.2, 0.25) is 0 Å². The van der Waals surface area contributed by atoms with Crippen molar-refractivity contribution in [2.45, 2.75) is 102 Å². The predicted molar refractivity (Wildman–Crippen MR) is 188 cm³/mol. The second-order valence-electron chi connectivity index (χ2n) is 14.7. The van der Waals surface area contributed by atoms with E-state index in [1.54, 1.807) is 35.2 Å². The fourth-order valence-electron chi connectivity index (χ4n) is 4.53. The number of rotatable bonds is 9. The molecular weight excluding hydrogens is 658 g/mol. The minimum Gasteiger partial charge on any atom is -0.447 e. The highest BCUT2D eigenvalue weighted by molar-refractivity contribution is 6.74. The van der Waals surface area contributed by atoms with E-state index in [-0.39, 0.29) is 22.5 Å². The molecule has 0 bridgehead atoms. The highest BCUT2D eigenvalue weighted by Crippen LogP contribution is 2.46. The largest absolute Gasteiger partial charge is 0.447 e. The van der Waals surface area contributed by atoms with E-state index < -0.39 is 53.3 Å². The maximum atomic E-state index is 12.9. The van der Waals surface area contributed by atoms with E-state index in [9.17, 15) is 9.59 Å². The molecule has 3 N–H and O–H groups in total. The monoisotopic (exact) mass is 705 g/mol. The van der Waals surface area contributed by atoms with Crippen LogP contribution in [-0.4, -0.2) is 80.2 Å². The van der Waals surface area contributed by atoms with Gasteiger partial charge in [0, 0.05) is 17.8 Å². The molecule has 1 saturated heterocycles. The van der Waals surface area contributed by atoms with Gasteiger partial charge in [-0.1, -0.05) is 53.1 Å². The molecule has 4 atom stereocenters. The Bertz CT molecular complexity index is 1570. The number of hydrogen-bond acceptors (Lipinski definition) is 9. The van der Waals surface area contributed by atoms with Crippen molar-refractivity contribution in [3.05, 3.63) is 41.9 Å². The maximum absolute atomic E-state index is 12.9. The van der Waals surface area contributed by atoms with Gasteiger partial charge in [-0.15, -0.1) is 0 Å². The van der Waals surface area contributed by atoms with Crippen molar-refractivity contribution in [3.63, 3.8) is 0 Å². The number of aromatic nitrogens is 4. The van der Waals surface area contributed by atoms with E-state index in [0.29, 0.717) is 21.9 Å². The standard InChI is InChI=1S/C31H48ClN7O6Si2/c1-30(2,3)46(8,9)44-23-21(16-42-29(41)33-7)43-27(24(23)45-47(10,11)31(4,5)6)39-18-36-22-25(34-17-35-26(22)39)38-28(40)37-20-14-12-19(32)13-15-20/h12-15,17-18,21,23-24,27H,16H2,1-11H3,(H,33,41)(H2,34,35,37,38,40)/t21-,23-,24-,27-/m1/s1. The van der Waals surface area contributed by atoms with Crippen LogP contribution in [0.2, 0.25) is 41.3 Å². The third kappa shape index (κ3) is 8.32.